The molecule has 4 fully saturated rings. The molecule has 0 amide bonds. The fourth-order valence-electron chi connectivity index (χ4n) is 9.29. The van der Waals surface area contributed by atoms with E-state index >= 15 is 0 Å². The van der Waals surface area contributed by atoms with Gasteiger partial charge >= 0.3 is 5.63 Å². The third-order valence-electron chi connectivity index (χ3n) is 11.4. The Morgan fingerprint density at radius 1 is 1.02 bits per heavy atom. The summed E-state index contributed by atoms with van der Waals surface area (Å²) < 4.78 is 22.7. The zero-order valence-corrected chi connectivity index (χ0v) is 23.4. The fourth-order valence-corrected chi connectivity index (χ4v) is 9.29. The summed E-state index contributed by atoms with van der Waals surface area (Å²) in [6.07, 6.45) is -0.396. The number of fused-ring (bicyclic) bond motifs is 5. The standard InChI is InChI=1S/C30H40O12/c1-27-10-6-17-18(30(27,38)12-19(40-15-32)22(27)16-4-5-21(33)39-14-16)7-11-28(8-2-3-9-29(17,28)37)42-26-25(36)24(35)23(34)20(13-31)41-26/h2,4-5,8,14-15,17-20,22-26,31,34-38H,3,6-7,9-13H2,1H3/t17-,18+,19-,20+,22-,23+,24-,25+,26-,27+,28+,29-,30-/m0/s1. The molecule has 0 radical (unpaired) electrons. The molecule has 6 N–H and O–H groups in total. The van der Waals surface area contributed by atoms with Gasteiger partial charge in [0, 0.05) is 23.8 Å². The highest BCUT2D eigenvalue weighted by Crippen LogP contribution is 2.69. The molecule has 12 nitrogen and oxygen atoms in total. The van der Waals surface area contributed by atoms with Gasteiger partial charge in [0.15, 0.2) is 6.29 Å². The Hall–Kier alpha value is -2.16. The summed E-state index contributed by atoms with van der Waals surface area (Å²) >= 11 is 0. The van der Waals surface area contributed by atoms with E-state index in [0.29, 0.717) is 44.1 Å². The Balaban J connectivity index is 1.35. The average molecular weight is 593 g/mol. The van der Waals surface area contributed by atoms with E-state index in [2.05, 4.69) is 0 Å². The molecule has 1 aliphatic heterocycles. The van der Waals surface area contributed by atoms with Crippen LogP contribution < -0.4 is 5.63 Å². The highest BCUT2D eigenvalue weighted by atomic mass is 16.7. The van der Waals surface area contributed by atoms with E-state index in [1.807, 2.05) is 13.0 Å². The highest BCUT2D eigenvalue weighted by molar-refractivity contribution is 5.40. The molecule has 12 heteroatoms. The minimum atomic E-state index is -1.63. The lowest BCUT2D eigenvalue weighted by molar-refractivity contribution is -0.357. The van der Waals surface area contributed by atoms with E-state index < -0.39 is 89.0 Å². The number of hydrogen-bond donors (Lipinski definition) is 6. The van der Waals surface area contributed by atoms with Crippen molar-refractivity contribution in [1.29, 1.82) is 0 Å². The van der Waals surface area contributed by atoms with Crippen molar-refractivity contribution in [1.82, 2.24) is 0 Å². The van der Waals surface area contributed by atoms with Crippen LogP contribution in [0.25, 0.3) is 0 Å². The molecule has 5 aliphatic rings. The highest BCUT2D eigenvalue weighted by Gasteiger charge is 2.73. The number of allylic oxidation sites excluding steroid dienone is 1. The van der Waals surface area contributed by atoms with Crippen molar-refractivity contribution in [3.05, 3.63) is 46.5 Å². The number of aliphatic hydroxyl groups excluding tert-OH is 4. The summed E-state index contributed by atoms with van der Waals surface area (Å²) in [5, 5.41) is 66.2. The van der Waals surface area contributed by atoms with Crippen molar-refractivity contribution in [2.45, 2.75) is 111 Å². The van der Waals surface area contributed by atoms with Crippen molar-refractivity contribution >= 4 is 6.47 Å². The van der Waals surface area contributed by atoms with E-state index in [9.17, 15) is 40.2 Å². The third kappa shape index (κ3) is 4.11. The second-order valence-electron chi connectivity index (χ2n) is 13.0. The van der Waals surface area contributed by atoms with E-state index in [1.165, 1.54) is 12.3 Å². The van der Waals surface area contributed by atoms with Gasteiger partial charge in [-0.3, -0.25) is 4.79 Å². The molecule has 0 unspecified atom stereocenters. The molecule has 13 atom stereocenters. The van der Waals surface area contributed by atoms with Gasteiger partial charge in [0.2, 0.25) is 0 Å². The van der Waals surface area contributed by atoms with Crippen LogP contribution in [0, 0.1) is 17.3 Å². The maximum atomic E-state index is 12.6. The molecular weight excluding hydrogens is 552 g/mol. The maximum absolute atomic E-state index is 12.6. The van der Waals surface area contributed by atoms with E-state index in [4.69, 9.17) is 18.6 Å². The lowest BCUT2D eigenvalue weighted by atomic mass is 9.46. The zero-order chi connectivity index (χ0) is 30.1. The largest absolute Gasteiger partial charge is 0.464 e. The van der Waals surface area contributed by atoms with Crippen molar-refractivity contribution < 1.29 is 54.1 Å². The summed E-state index contributed by atoms with van der Waals surface area (Å²) in [6, 6.07) is 2.95. The third-order valence-corrected chi connectivity index (χ3v) is 11.4. The first-order valence-corrected chi connectivity index (χ1v) is 14.7. The molecule has 0 spiro atoms. The van der Waals surface area contributed by atoms with Gasteiger partial charge in [0.05, 0.1) is 18.5 Å². The topological polar surface area (TPSA) is 196 Å². The van der Waals surface area contributed by atoms with Crippen molar-refractivity contribution in [2.75, 3.05) is 6.61 Å². The Kier molecular flexibility index (Phi) is 7.46. The van der Waals surface area contributed by atoms with Crippen LogP contribution in [0.15, 0.2) is 39.8 Å². The quantitative estimate of drug-likeness (QED) is 0.146. The SMILES string of the molecule is C[C@]12CC[C@H]3[C@@H](CC[C@]4(O[C@@H]5O[C@H](CO)[C@@H](O)[C@H](O)[C@H]5O)C=CCC[C@]34O)[C@@]1(O)C[C@H](OC=O)[C@@H]2c1ccc(=O)oc1. The predicted octanol–water partition coefficient (Wildman–Crippen LogP) is -0.137. The summed E-state index contributed by atoms with van der Waals surface area (Å²) in [5.41, 5.74) is -4.81. The maximum Gasteiger partial charge on any atom is 0.335 e. The molecule has 1 saturated heterocycles. The van der Waals surface area contributed by atoms with Gasteiger partial charge in [-0.2, -0.15) is 0 Å². The minimum absolute atomic E-state index is 0.139. The summed E-state index contributed by atoms with van der Waals surface area (Å²) in [4.78, 5) is 23.2. The van der Waals surface area contributed by atoms with Crippen LogP contribution in [0.2, 0.25) is 0 Å². The second-order valence-corrected chi connectivity index (χ2v) is 13.0. The van der Waals surface area contributed by atoms with E-state index in [-0.39, 0.29) is 12.8 Å². The van der Waals surface area contributed by atoms with Crippen LogP contribution >= 0.6 is 0 Å². The van der Waals surface area contributed by atoms with Crippen LogP contribution in [0.1, 0.15) is 63.4 Å². The summed E-state index contributed by atoms with van der Waals surface area (Å²) in [7, 11) is 0. The first-order valence-electron chi connectivity index (χ1n) is 14.7. The predicted molar refractivity (Wildman–Crippen MR) is 143 cm³/mol. The number of hydrogen-bond acceptors (Lipinski definition) is 12. The molecule has 1 aromatic heterocycles. The first kappa shape index (κ1) is 29.9. The van der Waals surface area contributed by atoms with Gasteiger partial charge in [-0.05, 0) is 62.0 Å². The second kappa shape index (κ2) is 10.5. The Labute approximate surface area is 242 Å². The van der Waals surface area contributed by atoms with Gasteiger partial charge in [0.25, 0.3) is 6.47 Å². The van der Waals surface area contributed by atoms with Crippen molar-refractivity contribution in [3.8, 4) is 0 Å². The molecular formula is C30H40O12. The lowest BCUT2D eigenvalue weighted by Gasteiger charge is -2.64. The van der Waals surface area contributed by atoms with Crippen LogP contribution in [0.5, 0.6) is 0 Å². The first-order chi connectivity index (χ1) is 19.9. The van der Waals surface area contributed by atoms with Crippen LogP contribution in [0.3, 0.4) is 0 Å². The van der Waals surface area contributed by atoms with Gasteiger partial charge in [-0.25, -0.2) is 4.79 Å². The van der Waals surface area contributed by atoms with Crippen LogP contribution in [-0.2, 0) is 19.0 Å². The molecule has 2 heterocycles. The van der Waals surface area contributed by atoms with Crippen LogP contribution in [0.4, 0.5) is 0 Å². The van der Waals surface area contributed by atoms with Gasteiger partial charge in [-0.15, -0.1) is 0 Å². The Bertz CT molecular complexity index is 1240. The molecule has 0 bridgehead atoms. The fraction of sp³-hybridized carbons (Fsp3) is 0.733. The van der Waals surface area contributed by atoms with Gasteiger partial charge in [-0.1, -0.05) is 19.1 Å². The number of rotatable bonds is 6. The summed E-state index contributed by atoms with van der Waals surface area (Å²) in [6.45, 7) is 1.73. The Morgan fingerprint density at radius 2 is 1.76 bits per heavy atom. The molecule has 0 aromatic carbocycles. The molecule has 6 rings (SSSR count). The monoisotopic (exact) mass is 592 g/mol. The van der Waals surface area contributed by atoms with Crippen molar-refractivity contribution in [2.24, 2.45) is 17.3 Å². The molecule has 42 heavy (non-hydrogen) atoms. The smallest absolute Gasteiger partial charge is 0.335 e. The normalized spacial score (nSPS) is 49.9. The van der Waals surface area contributed by atoms with E-state index in [0.717, 1.165) is 0 Å². The average Bonchev–Trinajstić information content (AvgIpc) is 3.20. The van der Waals surface area contributed by atoms with Crippen molar-refractivity contribution in [3.63, 3.8) is 0 Å². The molecule has 3 saturated carbocycles. The lowest BCUT2D eigenvalue weighted by Crippen LogP contribution is -2.72. The molecule has 232 valence electrons. The zero-order valence-electron chi connectivity index (χ0n) is 23.4. The number of carbonyl (C=O) groups excluding carboxylic acids is 1. The summed E-state index contributed by atoms with van der Waals surface area (Å²) in [5.74, 6) is -1.29. The number of carbonyl (C=O) groups is 1. The number of ether oxygens (including phenoxy) is 3. The molecule has 1 aromatic rings. The molecule has 4 aliphatic carbocycles. The van der Waals surface area contributed by atoms with Crippen LogP contribution in [-0.4, -0.2) is 97.3 Å². The minimum Gasteiger partial charge on any atom is -0.464 e. The van der Waals surface area contributed by atoms with E-state index in [1.54, 1.807) is 12.1 Å². The Morgan fingerprint density at radius 3 is 2.45 bits per heavy atom. The van der Waals surface area contributed by atoms with Gasteiger partial charge < -0.3 is 49.3 Å². The van der Waals surface area contributed by atoms with Gasteiger partial charge in [0.1, 0.15) is 41.7 Å². The number of aliphatic hydroxyl groups is 6.